The van der Waals surface area contributed by atoms with Crippen LogP contribution >= 0.6 is 0 Å². The molecule has 23 heavy (non-hydrogen) atoms. The van der Waals surface area contributed by atoms with Gasteiger partial charge in [0.25, 0.3) is 0 Å². The van der Waals surface area contributed by atoms with E-state index in [2.05, 4.69) is 20.4 Å². The summed E-state index contributed by atoms with van der Waals surface area (Å²) in [6.45, 7) is 2.90. The summed E-state index contributed by atoms with van der Waals surface area (Å²) in [5.41, 5.74) is 0.123. The predicted octanol–water partition coefficient (Wildman–Crippen LogP) is 0.837. The largest absolute Gasteiger partial charge is 0.351 e. The van der Waals surface area contributed by atoms with Crippen LogP contribution in [-0.2, 0) is 0 Å². The molecular formula is C14H11F2N7. The number of nitrogens with zero attached hydrogens (tertiary/aromatic N) is 6. The number of nitrogens with one attached hydrogen (secondary N) is 1. The van der Waals surface area contributed by atoms with Gasteiger partial charge in [0.15, 0.2) is 23.1 Å². The lowest BCUT2D eigenvalue weighted by atomic mass is 10.2. The van der Waals surface area contributed by atoms with Gasteiger partial charge >= 0.3 is 0 Å². The highest BCUT2D eigenvalue weighted by Gasteiger charge is 2.23. The Labute approximate surface area is 129 Å². The SMILES string of the molecule is N#Cc1cc2c(nc(N3CCNCC3)c3ncnn32)c(F)c1F. The molecule has 4 rings (SSSR count). The second-order valence-corrected chi connectivity index (χ2v) is 5.20. The van der Waals surface area contributed by atoms with E-state index >= 15 is 0 Å². The van der Waals surface area contributed by atoms with Crippen molar-refractivity contribution in [2.24, 2.45) is 0 Å². The Balaban J connectivity index is 2.06. The minimum atomic E-state index is -1.20. The highest BCUT2D eigenvalue weighted by atomic mass is 19.2. The summed E-state index contributed by atoms with van der Waals surface area (Å²) in [6.07, 6.45) is 1.33. The molecule has 1 aliphatic rings. The second-order valence-electron chi connectivity index (χ2n) is 5.20. The van der Waals surface area contributed by atoms with Gasteiger partial charge in [-0.1, -0.05) is 0 Å². The molecule has 0 bridgehead atoms. The van der Waals surface area contributed by atoms with E-state index in [1.165, 1.54) is 16.9 Å². The topological polar surface area (TPSA) is 82.1 Å². The molecule has 0 spiro atoms. The molecule has 1 fully saturated rings. The zero-order valence-corrected chi connectivity index (χ0v) is 11.9. The normalized spacial score (nSPS) is 15.3. The number of benzene rings is 1. The van der Waals surface area contributed by atoms with Crippen molar-refractivity contribution in [3.63, 3.8) is 0 Å². The van der Waals surface area contributed by atoms with Crippen LogP contribution in [0.15, 0.2) is 12.4 Å². The molecule has 9 heteroatoms. The molecule has 1 aromatic carbocycles. The van der Waals surface area contributed by atoms with Crippen molar-refractivity contribution in [2.45, 2.75) is 0 Å². The summed E-state index contributed by atoms with van der Waals surface area (Å²) in [5, 5.41) is 16.2. The van der Waals surface area contributed by atoms with Gasteiger partial charge in [0.05, 0.1) is 11.1 Å². The van der Waals surface area contributed by atoms with Crippen LogP contribution in [0.25, 0.3) is 16.7 Å². The van der Waals surface area contributed by atoms with Crippen LogP contribution in [0.4, 0.5) is 14.6 Å². The number of piperazine rings is 1. The number of hydrogen-bond donors (Lipinski definition) is 1. The van der Waals surface area contributed by atoms with Crippen molar-refractivity contribution in [2.75, 3.05) is 31.1 Å². The van der Waals surface area contributed by atoms with Crippen molar-refractivity contribution >= 4 is 22.5 Å². The van der Waals surface area contributed by atoms with E-state index in [1.54, 1.807) is 6.07 Å². The zero-order chi connectivity index (χ0) is 16.0. The van der Waals surface area contributed by atoms with E-state index in [4.69, 9.17) is 5.26 Å². The summed E-state index contributed by atoms with van der Waals surface area (Å²) in [4.78, 5) is 10.4. The van der Waals surface area contributed by atoms with Crippen LogP contribution in [0, 0.1) is 23.0 Å². The number of fused-ring (bicyclic) bond motifs is 3. The fourth-order valence-corrected chi connectivity index (χ4v) is 2.77. The highest BCUT2D eigenvalue weighted by Crippen LogP contribution is 2.27. The molecule has 0 radical (unpaired) electrons. The Hall–Kier alpha value is -2.86. The quantitative estimate of drug-likeness (QED) is 0.716. The smallest absolute Gasteiger partial charge is 0.199 e. The third-order valence-corrected chi connectivity index (χ3v) is 3.89. The van der Waals surface area contributed by atoms with Gasteiger partial charge in [-0.2, -0.15) is 10.4 Å². The molecule has 3 heterocycles. The molecule has 0 amide bonds. The van der Waals surface area contributed by atoms with Crippen molar-refractivity contribution in [3.8, 4) is 6.07 Å². The van der Waals surface area contributed by atoms with Gasteiger partial charge in [-0.25, -0.2) is 23.3 Å². The highest BCUT2D eigenvalue weighted by molar-refractivity contribution is 5.84. The van der Waals surface area contributed by atoms with Crippen molar-refractivity contribution in [1.82, 2.24) is 24.9 Å². The number of rotatable bonds is 1. The standard InChI is InChI=1S/C14H11F2N7/c15-10-8(6-17)5-9-12(11(10)16)21-14(13-19-7-20-23(9)13)22-3-1-18-2-4-22/h5,7,18H,1-4H2. The van der Waals surface area contributed by atoms with E-state index in [0.29, 0.717) is 24.6 Å². The molecule has 2 aromatic heterocycles. The van der Waals surface area contributed by atoms with Gasteiger partial charge in [-0.3, -0.25) is 0 Å². The molecule has 3 aromatic rings. The van der Waals surface area contributed by atoms with E-state index in [0.717, 1.165) is 13.1 Å². The summed E-state index contributed by atoms with van der Waals surface area (Å²) in [5.74, 6) is -1.88. The van der Waals surface area contributed by atoms with E-state index in [-0.39, 0.29) is 16.6 Å². The monoisotopic (exact) mass is 315 g/mol. The van der Waals surface area contributed by atoms with Crippen molar-refractivity contribution < 1.29 is 8.78 Å². The molecule has 0 saturated carbocycles. The molecule has 1 saturated heterocycles. The first kappa shape index (κ1) is 13.8. The summed E-state index contributed by atoms with van der Waals surface area (Å²) in [7, 11) is 0. The van der Waals surface area contributed by atoms with E-state index in [1.807, 2.05) is 4.90 Å². The molecule has 0 atom stereocenters. The van der Waals surface area contributed by atoms with Crippen molar-refractivity contribution in [3.05, 3.63) is 29.6 Å². The summed E-state index contributed by atoms with van der Waals surface area (Å²) >= 11 is 0. The minimum Gasteiger partial charge on any atom is -0.351 e. The van der Waals surface area contributed by atoms with Crippen LogP contribution in [0.1, 0.15) is 5.56 Å². The first-order valence-electron chi connectivity index (χ1n) is 7.08. The van der Waals surface area contributed by atoms with Gasteiger partial charge in [-0.05, 0) is 6.07 Å². The van der Waals surface area contributed by atoms with Gasteiger partial charge in [0, 0.05) is 26.2 Å². The number of aromatic nitrogens is 4. The van der Waals surface area contributed by atoms with Gasteiger partial charge < -0.3 is 10.2 Å². The van der Waals surface area contributed by atoms with Gasteiger partial charge in [0.1, 0.15) is 17.9 Å². The average Bonchev–Trinajstić information content (AvgIpc) is 3.08. The van der Waals surface area contributed by atoms with Crippen LogP contribution in [0.2, 0.25) is 0 Å². The lowest BCUT2D eigenvalue weighted by Crippen LogP contribution is -2.44. The Morgan fingerprint density at radius 3 is 2.74 bits per heavy atom. The first-order chi connectivity index (χ1) is 11.2. The first-order valence-corrected chi connectivity index (χ1v) is 7.08. The molecule has 1 aliphatic heterocycles. The molecule has 1 N–H and O–H groups in total. The Bertz CT molecular complexity index is 953. The summed E-state index contributed by atoms with van der Waals surface area (Å²) < 4.78 is 29.7. The van der Waals surface area contributed by atoms with Gasteiger partial charge in [-0.15, -0.1) is 0 Å². The molecule has 0 aliphatic carbocycles. The molecular weight excluding hydrogens is 304 g/mol. The lowest BCUT2D eigenvalue weighted by Gasteiger charge is -2.28. The molecule has 0 unspecified atom stereocenters. The number of hydrogen-bond acceptors (Lipinski definition) is 6. The summed E-state index contributed by atoms with van der Waals surface area (Å²) in [6, 6.07) is 2.88. The average molecular weight is 315 g/mol. The Morgan fingerprint density at radius 2 is 2.00 bits per heavy atom. The van der Waals surface area contributed by atoms with Gasteiger partial charge in [0.2, 0.25) is 0 Å². The van der Waals surface area contributed by atoms with E-state index < -0.39 is 11.6 Å². The van der Waals surface area contributed by atoms with Crippen LogP contribution < -0.4 is 10.2 Å². The number of halogens is 2. The maximum Gasteiger partial charge on any atom is 0.199 e. The number of anilines is 1. The fraction of sp³-hybridized carbons (Fsp3) is 0.286. The fourth-order valence-electron chi connectivity index (χ4n) is 2.77. The van der Waals surface area contributed by atoms with E-state index in [9.17, 15) is 8.78 Å². The lowest BCUT2D eigenvalue weighted by molar-refractivity contribution is 0.512. The van der Waals surface area contributed by atoms with Crippen LogP contribution in [0.5, 0.6) is 0 Å². The van der Waals surface area contributed by atoms with Crippen LogP contribution in [-0.4, -0.2) is 45.8 Å². The van der Waals surface area contributed by atoms with Crippen LogP contribution in [0.3, 0.4) is 0 Å². The molecule has 116 valence electrons. The third-order valence-electron chi connectivity index (χ3n) is 3.89. The third kappa shape index (κ3) is 1.99. The Morgan fingerprint density at radius 1 is 1.22 bits per heavy atom. The zero-order valence-electron chi connectivity index (χ0n) is 11.9. The second kappa shape index (κ2) is 5.10. The maximum absolute atomic E-state index is 14.3. The predicted molar refractivity (Wildman–Crippen MR) is 78.0 cm³/mol. The maximum atomic E-state index is 14.3. The van der Waals surface area contributed by atoms with Crippen molar-refractivity contribution in [1.29, 1.82) is 5.26 Å². The number of nitriles is 1. The Kier molecular flexibility index (Phi) is 3.06. The minimum absolute atomic E-state index is 0.159. The molecule has 7 nitrogen and oxygen atoms in total.